The molecule has 3 aromatic heterocycles. The molecule has 0 fully saturated rings. The van der Waals surface area contributed by atoms with Crippen LogP contribution in [0.1, 0.15) is 5.48 Å². The summed E-state index contributed by atoms with van der Waals surface area (Å²) in [6.45, 7) is 0. The van der Waals surface area contributed by atoms with E-state index in [0.29, 0.717) is 22.2 Å². The Hall–Kier alpha value is -5.22. The van der Waals surface area contributed by atoms with Gasteiger partial charge in [-0.2, -0.15) is 0 Å². The van der Waals surface area contributed by atoms with Gasteiger partial charge in [0.05, 0.1) is 16.5 Å². The van der Waals surface area contributed by atoms with Gasteiger partial charge in [0.1, 0.15) is 23.1 Å². The molecule has 0 amide bonds. The van der Waals surface area contributed by atoms with Crippen LogP contribution in [0.25, 0.3) is 71.9 Å². The van der Waals surface area contributed by atoms with E-state index < -0.39 is 0 Å². The van der Waals surface area contributed by atoms with Crippen LogP contribution in [-0.4, -0.2) is 14.5 Å². The Bertz CT molecular complexity index is 2370. The summed E-state index contributed by atoms with van der Waals surface area (Å²) in [4.78, 5) is 9.08. The summed E-state index contributed by atoms with van der Waals surface area (Å²) < 4.78 is 42.1. The summed E-state index contributed by atoms with van der Waals surface area (Å²) in [5, 5.41) is 2.25. The molecule has 0 N–H and O–H groups in total. The van der Waals surface area contributed by atoms with Crippen LogP contribution >= 0.6 is 0 Å². The monoisotopic (exact) mass is 491 g/mol. The van der Waals surface area contributed by atoms with Crippen molar-refractivity contribution < 1.29 is 9.90 Å². The molecule has 38 heavy (non-hydrogen) atoms. The van der Waals surface area contributed by atoms with Gasteiger partial charge in [-0.3, -0.25) is 0 Å². The number of benzene rings is 5. The summed E-state index contributed by atoms with van der Waals surface area (Å²) in [7, 11) is 0. The first-order valence-corrected chi connectivity index (χ1v) is 12.3. The average Bonchev–Trinajstić information content (AvgIpc) is 3.59. The van der Waals surface area contributed by atoms with Crippen molar-refractivity contribution in [2.75, 3.05) is 0 Å². The first-order valence-electron chi connectivity index (χ1n) is 14.3. The van der Waals surface area contributed by atoms with Gasteiger partial charge in [-0.05, 0) is 53.6 Å². The fourth-order valence-corrected chi connectivity index (χ4v) is 5.34. The summed E-state index contributed by atoms with van der Waals surface area (Å²) in [5.41, 5.74) is 7.81. The van der Waals surface area contributed by atoms with Crippen LogP contribution in [0, 0.1) is 0 Å². The number of hydrogen-bond donors (Lipinski definition) is 0. The number of rotatable bonds is 3. The van der Waals surface area contributed by atoms with Gasteiger partial charge >= 0.3 is 0 Å². The number of hydrogen-bond acceptors (Lipinski definition) is 3. The van der Waals surface area contributed by atoms with Gasteiger partial charge in [0.15, 0.2) is 5.58 Å². The van der Waals surface area contributed by atoms with Crippen molar-refractivity contribution in [3.63, 3.8) is 0 Å². The van der Waals surface area contributed by atoms with Gasteiger partial charge in [0.2, 0.25) is 0 Å². The second-order valence-electron chi connectivity index (χ2n) is 9.21. The summed E-state index contributed by atoms with van der Waals surface area (Å²) >= 11 is 0. The Morgan fingerprint density at radius 1 is 0.632 bits per heavy atom. The lowest BCUT2D eigenvalue weighted by Gasteiger charge is -2.11. The maximum atomic E-state index is 8.76. The standard InChI is InChI=1S/C34H21N3O/c1-4-16-29-26(13-1)27-14-2-5-17-30(27)37(29)25-12-8-10-23(20-25)22-9-7-11-24(19-22)32-34-33(36-21-35-32)28-15-3-6-18-31(28)38-34/h1-21H/i1D,4D,13D,16D. The maximum absolute atomic E-state index is 8.76. The average molecular weight is 492 g/mol. The molecule has 0 atom stereocenters. The molecule has 4 heteroatoms. The summed E-state index contributed by atoms with van der Waals surface area (Å²) in [6, 6.07) is 31.0. The van der Waals surface area contributed by atoms with Crippen molar-refractivity contribution in [3.05, 3.63) is 128 Å². The molecule has 0 aliphatic rings. The Kier molecular flexibility index (Phi) is 3.70. The van der Waals surface area contributed by atoms with Crippen molar-refractivity contribution in [3.8, 4) is 28.1 Å². The summed E-state index contributed by atoms with van der Waals surface area (Å²) in [6.07, 6.45) is 1.57. The van der Waals surface area contributed by atoms with Crippen molar-refractivity contribution in [1.29, 1.82) is 0 Å². The molecule has 5 aromatic carbocycles. The third-order valence-corrected chi connectivity index (χ3v) is 7.04. The smallest absolute Gasteiger partial charge is 0.180 e. The SMILES string of the molecule is [2H]c1c([2H])c([2H])c2c(c1[2H])c1ccccc1n2-c1cccc(-c2cccc(-c3ncnc4c3oc3ccccc34)c2)c1. The van der Waals surface area contributed by atoms with Crippen molar-refractivity contribution in [2.45, 2.75) is 0 Å². The lowest BCUT2D eigenvalue weighted by Crippen LogP contribution is -1.94. The molecule has 0 radical (unpaired) electrons. The summed E-state index contributed by atoms with van der Waals surface area (Å²) in [5.74, 6) is 0. The van der Waals surface area contributed by atoms with Crippen LogP contribution in [0.15, 0.2) is 132 Å². The number of fused-ring (bicyclic) bond motifs is 6. The molecule has 178 valence electrons. The highest BCUT2D eigenvalue weighted by Gasteiger charge is 2.16. The zero-order chi connectivity index (χ0) is 28.5. The fourth-order valence-electron chi connectivity index (χ4n) is 5.34. The van der Waals surface area contributed by atoms with E-state index in [-0.39, 0.29) is 24.2 Å². The predicted molar refractivity (Wildman–Crippen MR) is 155 cm³/mol. The second-order valence-corrected chi connectivity index (χ2v) is 9.21. The van der Waals surface area contributed by atoms with E-state index in [0.717, 1.165) is 49.8 Å². The molecule has 0 aliphatic heterocycles. The van der Waals surface area contributed by atoms with E-state index in [1.54, 1.807) is 6.33 Å². The van der Waals surface area contributed by atoms with Gasteiger partial charge < -0.3 is 8.98 Å². The maximum Gasteiger partial charge on any atom is 0.180 e. The highest BCUT2D eigenvalue weighted by Crippen LogP contribution is 2.36. The Morgan fingerprint density at radius 2 is 1.39 bits per heavy atom. The zero-order valence-corrected chi connectivity index (χ0v) is 20.1. The number of aromatic nitrogens is 3. The normalized spacial score (nSPS) is 13.2. The molecular weight excluding hydrogens is 466 g/mol. The van der Waals surface area contributed by atoms with Crippen molar-refractivity contribution in [2.24, 2.45) is 0 Å². The quantitative estimate of drug-likeness (QED) is 0.248. The number of nitrogens with zero attached hydrogens (tertiary/aromatic N) is 3. The molecule has 0 saturated heterocycles. The Labute approximate surface area is 224 Å². The van der Waals surface area contributed by atoms with Crippen LogP contribution in [0.4, 0.5) is 0 Å². The lowest BCUT2D eigenvalue weighted by atomic mass is 10.0. The van der Waals surface area contributed by atoms with Crippen LogP contribution in [0.5, 0.6) is 0 Å². The number of para-hydroxylation sites is 3. The molecule has 0 unspecified atom stereocenters. The molecule has 0 bridgehead atoms. The molecule has 4 nitrogen and oxygen atoms in total. The van der Waals surface area contributed by atoms with Crippen molar-refractivity contribution in [1.82, 2.24) is 14.5 Å². The van der Waals surface area contributed by atoms with Gasteiger partial charge in [-0.15, -0.1) is 0 Å². The molecule has 3 heterocycles. The highest BCUT2D eigenvalue weighted by molar-refractivity contribution is 6.09. The van der Waals surface area contributed by atoms with E-state index in [1.165, 1.54) is 0 Å². The van der Waals surface area contributed by atoms with Crippen LogP contribution in [0.2, 0.25) is 0 Å². The highest BCUT2D eigenvalue weighted by atomic mass is 16.3. The van der Waals surface area contributed by atoms with Crippen LogP contribution in [-0.2, 0) is 0 Å². The minimum Gasteiger partial charge on any atom is -0.452 e. The van der Waals surface area contributed by atoms with Gasteiger partial charge in [-0.1, -0.05) is 78.8 Å². The second kappa shape index (κ2) is 8.15. The van der Waals surface area contributed by atoms with E-state index in [2.05, 4.69) is 16.0 Å². The van der Waals surface area contributed by atoms with E-state index >= 15 is 0 Å². The molecule has 0 spiro atoms. The van der Waals surface area contributed by atoms with Gasteiger partial charge in [-0.25, -0.2) is 9.97 Å². The fraction of sp³-hybridized carbons (Fsp3) is 0. The third-order valence-electron chi connectivity index (χ3n) is 7.04. The first-order chi connectivity index (χ1) is 20.5. The van der Waals surface area contributed by atoms with Crippen molar-refractivity contribution >= 4 is 43.9 Å². The molecular formula is C34H21N3O. The van der Waals surface area contributed by atoms with E-state index in [1.807, 2.05) is 95.6 Å². The topological polar surface area (TPSA) is 43.9 Å². The largest absolute Gasteiger partial charge is 0.452 e. The molecule has 8 rings (SSSR count). The Balaban J connectivity index is 1.32. The lowest BCUT2D eigenvalue weighted by molar-refractivity contribution is 0.667. The van der Waals surface area contributed by atoms with E-state index in [4.69, 9.17) is 9.90 Å². The first kappa shape index (κ1) is 17.3. The zero-order valence-electron chi connectivity index (χ0n) is 24.1. The third kappa shape index (κ3) is 3.10. The minimum atomic E-state index is -0.248. The minimum absolute atomic E-state index is 0.0356. The number of furan rings is 1. The van der Waals surface area contributed by atoms with Crippen LogP contribution < -0.4 is 0 Å². The van der Waals surface area contributed by atoms with Crippen LogP contribution in [0.3, 0.4) is 0 Å². The van der Waals surface area contributed by atoms with Gasteiger partial charge in [0, 0.05) is 27.4 Å². The Morgan fingerprint density at radius 3 is 2.34 bits per heavy atom. The molecule has 0 aliphatic carbocycles. The van der Waals surface area contributed by atoms with Gasteiger partial charge in [0.25, 0.3) is 0 Å². The molecule has 8 aromatic rings. The van der Waals surface area contributed by atoms with E-state index in [9.17, 15) is 0 Å². The molecule has 0 saturated carbocycles. The predicted octanol–water partition coefficient (Wildman–Crippen LogP) is 8.81.